The summed E-state index contributed by atoms with van der Waals surface area (Å²) < 4.78 is 18.2. The number of para-hydroxylation sites is 1. The molecular formula is C21H23FN2O3. The van der Waals surface area contributed by atoms with E-state index in [-0.39, 0.29) is 17.6 Å². The van der Waals surface area contributed by atoms with E-state index in [9.17, 15) is 14.0 Å². The number of ether oxygens (including phenoxy) is 1. The van der Waals surface area contributed by atoms with Crippen LogP contribution in [0.15, 0.2) is 48.5 Å². The summed E-state index contributed by atoms with van der Waals surface area (Å²) in [5, 5.41) is 5.68. The van der Waals surface area contributed by atoms with E-state index in [1.165, 1.54) is 12.1 Å². The van der Waals surface area contributed by atoms with Gasteiger partial charge in [0.05, 0.1) is 7.11 Å². The molecule has 0 aromatic heterocycles. The molecule has 0 heterocycles. The summed E-state index contributed by atoms with van der Waals surface area (Å²) in [6.45, 7) is 0.722. The van der Waals surface area contributed by atoms with Crippen molar-refractivity contribution in [1.82, 2.24) is 10.6 Å². The van der Waals surface area contributed by atoms with Gasteiger partial charge in [0.2, 0.25) is 11.8 Å². The minimum atomic E-state index is -0.967. The van der Waals surface area contributed by atoms with Crippen molar-refractivity contribution in [3.05, 3.63) is 65.5 Å². The molecule has 1 aliphatic carbocycles. The molecule has 2 N–H and O–H groups in total. The number of hydrogen-bond donors (Lipinski definition) is 2. The molecule has 6 heteroatoms. The number of hydrogen-bond acceptors (Lipinski definition) is 3. The van der Waals surface area contributed by atoms with E-state index in [1.54, 1.807) is 19.2 Å². The zero-order valence-electron chi connectivity index (χ0n) is 15.3. The zero-order chi connectivity index (χ0) is 19.3. The minimum Gasteiger partial charge on any atom is -0.496 e. The monoisotopic (exact) mass is 370 g/mol. The number of carbonyl (C=O) groups is 2. The van der Waals surface area contributed by atoms with Gasteiger partial charge in [-0.25, -0.2) is 4.39 Å². The van der Waals surface area contributed by atoms with Crippen LogP contribution in [0.25, 0.3) is 0 Å². The fourth-order valence-corrected chi connectivity index (χ4v) is 3.02. The van der Waals surface area contributed by atoms with Gasteiger partial charge in [-0.15, -0.1) is 0 Å². The molecular weight excluding hydrogens is 347 g/mol. The van der Waals surface area contributed by atoms with Gasteiger partial charge in [-0.05, 0) is 43.0 Å². The molecule has 0 unspecified atom stereocenters. The third kappa shape index (κ3) is 4.45. The van der Waals surface area contributed by atoms with Gasteiger partial charge in [0.25, 0.3) is 0 Å². The second-order valence-corrected chi connectivity index (χ2v) is 6.71. The number of methoxy groups -OCH3 is 1. The predicted octanol–water partition coefficient (Wildman–Crippen LogP) is 2.59. The largest absolute Gasteiger partial charge is 0.496 e. The van der Waals surface area contributed by atoms with Gasteiger partial charge in [-0.2, -0.15) is 0 Å². The summed E-state index contributed by atoms with van der Waals surface area (Å²) in [5.41, 5.74) is 0.827. The lowest BCUT2D eigenvalue weighted by atomic mass is 10.0. The van der Waals surface area contributed by atoms with E-state index in [0.29, 0.717) is 38.1 Å². The van der Waals surface area contributed by atoms with Crippen LogP contribution in [0.1, 0.15) is 24.0 Å². The molecule has 3 rings (SSSR count). The van der Waals surface area contributed by atoms with Crippen LogP contribution in [0.4, 0.5) is 4.39 Å². The van der Waals surface area contributed by atoms with Crippen molar-refractivity contribution >= 4 is 11.8 Å². The summed E-state index contributed by atoms with van der Waals surface area (Å²) in [6, 6.07) is 13.6. The van der Waals surface area contributed by atoms with Crippen LogP contribution in [0, 0.1) is 11.2 Å². The highest BCUT2D eigenvalue weighted by Gasteiger charge is 2.56. The highest BCUT2D eigenvalue weighted by Crippen LogP contribution is 2.46. The fraction of sp³-hybridized carbons (Fsp3) is 0.333. The second-order valence-electron chi connectivity index (χ2n) is 6.71. The molecule has 0 radical (unpaired) electrons. The SMILES string of the molecule is COc1ccccc1CNC(=O)C1(C(=O)NCCc2ccc(F)cc2)CC1. The highest BCUT2D eigenvalue weighted by molar-refractivity contribution is 6.07. The quantitative estimate of drug-likeness (QED) is 0.702. The molecule has 2 amide bonds. The maximum atomic E-state index is 12.9. The Labute approximate surface area is 157 Å². The van der Waals surface area contributed by atoms with Crippen LogP contribution in [0.2, 0.25) is 0 Å². The third-order valence-corrected chi connectivity index (χ3v) is 4.86. The molecule has 0 spiro atoms. The van der Waals surface area contributed by atoms with Crippen LogP contribution in [0.3, 0.4) is 0 Å². The number of halogens is 1. The molecule has 0 saturated heterocycles. The van der Waals surface area contributed by atoms with E-state index in [2.05, 4.69) is 10.6 Å². The van der Waals surface area contributed by atoms with Gasteiger partial charge in [0.15, 0.2) is 0 Å². The van der Waals surface area contributed by atoms with E-state index in [4.69, 9.17) is 4.74 Å². The van der Waals surface area contributed by atoms with Crippen molar-refractivity contribution < 1.29 is 18.7 Å². The van der Waals surface area contributed by atoms with Crippen molar-refractivity contribution in [1.29, 1.82) is 0 Å². The first-order valence-corrected chi connectivity index (χ1v) is 8.98. The van der Waals surface area contributed by atoms with E-state index < -0.39 is 5.41 Å². The Bertz CT molecular complexity index is 816. The summed E-state index contributed by atoms with van der Waals surface area (Å²) >= 11 is 0. The topological polar surface area (TPSA) is 67.4 Å². The number of carbonyl (C=O) groups excluding carboxylic acids is 2. The van der Waals surface area contributed by atoms with Gasteiger partial charge >= 0.3 is 0 Å². The maximum Gasteiger partial charge on any atom is 0.235 e. The van der Waals surface area contributed by atoms with E-state index in [1.807, 2.05) is 24.3 Å². The van der Waals surface area contributed by atoms with Crippen molar-refractivity contribution in [3.8, 4) is 5.75 Å². The Balaban J connectivity index is 1.50. The van der Waals surface area contributed by atoms with Crippen molar-refractivity contribution in [2.75, 3.05) is 13.7 Å². The van der Waals surface area contributed by atoms with Gasteiger partial charge in [0.1, 0.15) is 17.0 Å². The molecule has 1 saturated carbocycles. The molecule has 1 aliphatic rings. The maximum absolute atomic E-state index is 12.9. The molecule has 0 aliphatic heterocycles. The van der Waals surface area contributed by atoms with E-state index in [0.717, 1.165) is 11.1 Å². The lowest BCUT2D eigenvalue weighted by Crippen LogP contribution is -2.43. The Hall–Kier alpha value is -2.89. The van der Waals surface area contributed by atoms with Gasteiger partial charge < -0.3 is 15.4 Å². The smallest absolute Gasteiger partial charge is 0.235 e. The average Bonchev–Trinajstić information content (AvgIpc) is 3.50. The molecule has 2 aromatic rings. The highest BCUT2D eigenvalue weighted by atomic mass is 19.1. The lowest BCUT2D eigenvalue weighted by Gasteiger charge is -2.16. The fourth-order valence-electron chi connectivity index (χ4n) is 3.02. The second kappa shape index (κ2) is 8.20. The first-order chi connectivity index (χ1) is 13.0. The molecule has 142 valence electrons. The molecule has 5 nitrogen and oxygen atoms in total. The van der Waals surface area contributed by atoms with Crippen molar-refractivity contribution in [2.24, 2.45) is 5.41 Å². The first-order valence-electron chi connectivity index (χ1n) is 8.98. The Morgan fingerprint density at radius 3 is 2.37 bits per heavy atom. The average molecular weight is 370 g/mol. The summed E-state index contributed by atoms with van der Waals surface area (Å²) in [7, 11) is 1.58. The predicted molar refractivity (Wildman–Crippen MR) is 99.6 cm³/mol. The van der Waals surface area contributed by atoms with Gasteiger partial charge in [-0.3, -0.25) is 9.59 Å². The molecule has 0 bridgehead atoms. The van der Waals surface area contributed by atoms with Crippen molar-refractivity contribution in [2.45, 2.75) is 25.8 Å². The molecule has 0 atom stereocenters. The molecule has 27 heavy (non-hydrogen) atoms. The number of benzene rings is 2. The van der Waals surface area contributed by atoms with Crippen LogP contribution in [0.5, 0.6) is 5.75 Å². The summed E-state index contributed by atoms with van der Waals surface area (Å²) in [4.78, 5) is 25.0. The van der Waals surface area contributed by atoms with Gasteiger partial charge in [-0.1, -0.05) is 30.3 Å². The lowest BCUT2D eigenvalue weighted by molar-refractivity contribution is -0.137. The molecule has 1 fully saturated rings. The van der Waals surface area contributed by atoms with Crippen molar-refractivity contribution in [3.63, 3.8) is 0 Å². The van der Waals surface area contributed by atoms with Gasteiger partial charge in [0, 0.05) is 18.7 Å². The van der Waals surface area contributed by atoms with Crippen LogP contribution in [-0.4, -0.2) is 25.5 Å². The number of rotatable bonds is 8. The molecule has 2 aromatic carbocycles. The van der Waals surface area contributed by atoms with Crippen LogP contribution >= 0.6 is 0 Å². The normalized spacial score (nSPS) is 14.3. The zero-order valence-corrected chi connectivity index (χ0v) is 15.3. The Morgan fingerprint density at radius 2 is 1.70 bits per heavy atom. The third-order valence-electron chi connectivity index (χ3n) is 4.86. The van der Waals surface area contributed by atoms with Crippen LogP contribution in [-0.2, 0) is 22.6 Å². The van der Waals surface area contributed by atoms with E-state index >= 15 is 0 Å². The first kappa shape index (κ1) is 18.9. The standard InChI is InChI=1S/C21H23FN2O3/c1-27-18-5-3-2-4-16(18)14-24-20(26)21(11-12-21)19(25)23-13-10-15-6-8-17(22)9-7-15/h2-9H,10-14H2,1H3,(H,23,25)(H,24,26). The Kier molecular flexibility index (Phi) is 5.74. The summed E-state index contributed by atoms with van der Waals surface area (Å²) in [5.74, 6) is -0.0901. The summed E-state index contributed by atoms with van der Waals surface area (Å²) in [6.07, 6.45) is 1.69. The minimum absolute atomic E-state index is 0.248. The number of nitrogens with one attached hydrogen (secondary N) is 2. The van der Waals surface area contributed by atoms with Crippen LogP contribution < -0.4 is 15.4 Å². The number of amides is 2. The Morgan fingerprint density at radius 1 is 1.04 bits per heavy atom.